The number of benzene rings is 1. The molecule has 0 spiro atoms. The van der Waals surface area contributed by atoms with Crippen molar-refractivity contribution in [1.82, 2.24) is 4.90 Å². The first kappa shape index (κ1) is 15.6. The number of carboxylic acid groups (broad SMARTS) is 1. The highest BCUT2D eigenvalue weighted by molar-refractivity contribution is 9.10. The van der Waals surface area contributed by atoms with E-state index in [0.29, 0.717) is 0 Å². The van der Waals surface area contributed by atoms with Gasteiger partial charge in [0.25, 0.3) is 0 Å². The fraction of sp³-hybridized carbons (Fsp3) is 0.333. The van der Waals surface area contributed by atoms with Crippen molar-refractivity contribution in [2.45, 2.75) is 18.6 Å². The molecular weight excluding hydrogens is 354 g/mol. The summed E-state index contributed by atoms with van der Waals surface area (Å²) in [4.78, 5) is 23.8. The Bertz CT molecular complexity index is 599. The molecule has 6 nitrogen and oxygen atoms in total. The predicted octanol–water partition coefficient (Wildman–Crippen LogP) is 1.78. The Hall–Kier alpha value is -1.74. The monoisotopic (exact) mass is 364 g/mol. The summed E-state index contributed by atoms with van der Waals surface area (Å²) in [5, 5.41) is 20.5. The maximum atomic E-state index is 13.6. The van der Waals surface area contributed by atoms with Gasteiger partial charge < -0.3 is 20.4 Å². The molecule has 0 saturated carbocycles. The van der Waals surface area contributed by atoms with Crippen molar-refractivity contribution >= 4 is 33.6 Å². The number of likely N-dealkylation sites (tertiary alicyclic amines) is 1. The van der Waals surface area contributed by atoms with Gasteiger partial charge >= 0.3 is 12.0 Å². The number of hydrogen-bond donors (Lipinski definition) is 3. The number of anilines is 1. The quantitative estimate of drug-likeness (QED) is 0.697. The SMILES string of the molecule is O=C(O)[C@@H]1CC(O)CN1C(=O)Nc1cc(F)c(Br)cc1F. The molecule has 1 aliphatic heterocycles. The molecule has 1 aliphatic rings. The second-order valence-corrected chi connectivity index (χ2v) is 5.43. The van der Waals surface area contributed by atoms with Crippen LogP contribution in [0.4, 0.5) is 19.3 Å². The zero-order chi connectivity index (χ0) is 15.7. The highest BCUT2D eigenvalue weighted by Crippen LogP contribution is 2.25. The van der Waals surface area contributed by atoms with Crippen LogP contribution in [0.3, 0.4) is 0 Å². The van der Waals surface area contributed by atoms with Gasteiger partial charge in [-0.3, -0.25) is 0 Å². The van der Waals surface area contributed by atoms with Crippen LogP contribution in [0.1, 0.15) is 6.42 Å². The lowest BCUT2D eigenvalue weighted by Crippen LogP contribution is -2.43. The lowest BCUT2D eigenvalue weighted by molar-refractivity contribution is -0.141. The van der Waals surface area contributed by atoms with E-state index in [1.807, 2.05) is 0 Å². The third-order valence-corrected chi connectivity index (χ3v) is 3.68. The Kier molecular flexibility index (Phi) is 4.43. The van der Waals surface area contributed by atoms with Crippen LogP contribution >= 0.6 is 15.9 Å². The molecule has 0 aliphatic carbocycles. The number of nitrogens with zero attached hydrogens (tertiary/aromatic N) is 1. The molecule has 114 valence electrons. The lowest BCUT2D eigenvalue weighted by atomic mass is 10.2. The third kappa shape index (κ3) is 3.30. The number of rotatable bonds is 2. The molecule has 3 N–H and O–H groups in total. The Balaban J connectivity index is 2.18. The predicted molar refractivity (Wildman–Crippen MR) is 71.8 cm³/mol. The van der Waals surface area contributed by atoms with Crippen molar-refractivity contribution in [3.63, 3.8) is 0 Å². The number of carbonyl (C=O) groups is 2. The van der Waals surface area contributed by atoms with E-state index in [1.54, 1.807) is 0 Å². The fourth-order valence-corrected chi connectivity index (χ4v) is 2.39. The van der Waals surface area contributed by atoms with Gasteiger partial charge in [-0.1, -0.05) is 0 Å². The Morgan fingerprint density at radius 2 is 2.00 bits per heavy atom. The number of carboxylic acids is 1. The van der Waals surface area contributed by atoms with Crippen molar-refractivity contribution < 1.29 is 28.6 Å². The number of carbonyl (C=O) groups excluding carboxylic acids is 1. The van der Waals surface area contributed by atoms with Crippen LogP contribution in [0.15, 0.2) is 16.6 Å². The van der Waals surface area contributed by atoms with E-state index < -0.39 is 41.5 Å². The first-order valence-electron chi connectivity index (χ1n) is 5.92. The van der Waals surface area contributed by atoms with E-state index in [-0.39, 0.29) is 17.4 Å². The summed E-state index contributed by atoms with van der Waals surface area (Å²) < 4.78 is 26.9. The zero-order valence-electron chi connectivity index (χ0n) is 10.5. The summed E-state index contributed by atoms with van der Waals surface area (Å²) in [6.45, 7) is -0.191. The summed E-state index contributed by atoms with van der Waals surface area (Å²) in [7, 11) is 0. The number of amides is 2. The van der Waals surface area contributed by atoms with Crippen molar-refractivity contribution in [3.05, 3.63) is 28.2 Å². The second kappa shape index (κ2) is 5.94. The van der Waals surface area contributed by atoms with E-state index in [4.69, 9.17) is 5.11 Å². The van der Waals surface area contributed by atoms with Gasteiger partial charge in [-0.05, 0) is 22.0 Å². The van der Waals surface area contributed by atoms with Crippen molar-refractivity contribution in [2.24, 2.45) is 0 Å². The number of aliphatic carboxylic acids is 1. The average molecular weight is 365 g/mol. The van der Waals surface area contributed by atoms with Crippen LogP contribution in [0.25, 0.3) is 0 Å². The molecule has 0 radical (unpaired) electrons. The summed E-state index contributed by atoms with van der Waals surface area (Å²) >= 11 is 2.80. The van der Waals surface area contributed by atoms with E-state index in [1.165, 1.54) is 0 Å². The van der Waals surface area contributed by atoms with Crippen LogP contribution < -0.4 is 5.32 Å². The smallest absolute Gasteiger partial charge is 0.326 e. The number of halogens is 3. The molecule has 9 heteroatoms. The summed E-state index contributed by atoms with van der Waals surface area (Å²) in [6.07, 6.45) is -1.08. The minimum atomic E-state index is -1.27. The molecule has 2 amide bonds. The zero-order valence-corrected chi connectivity index (χ0v) is 12.1. The fourth-order valence-electron chi connectivity index (χ4n) is 2.08. The minimum Gasteiger partial charge on any atom is -0.480 e. The lowest BCUT2D eigenvalue weighted by Gasteiger charge is -2.21. The van der Waals surface area contributed by atoms with Gasteiger partial charge in [0.1, 0.15) is 17.7 Å². The highest BCUT2D eigenvalue weighted by atomic mass is 79.9. The average Bonchev–Trinajstić information content (AvgIpc) is 2.78. The van der Waals surface area contributed by atoms with E-state index in [2.05, 4.69) is 21.2 Å². The van der Waals surface area contributed by atoms with Crippen molar-refractivity contribution in [3.8, 4) is 0 Å². The van der Waals surface area contributed by atoms with E-state index >= 15 is 0 Å². The first-order valence-corrected chi connectivity index (χ1v) is 6.72. The molecular formula is C12H11BrF2N2O4. The standard InChI is InChI=1S/C12H11BrF2N2O4/c13-6-2-8(15)9(3-7(6)14)16-12(21)17-4-5(18)1-10(17)11(19)20/h2-3,5,10,18H,1,4H2,(H,16,21)(H,19,20)/t5?,10-/m0/s1. The number of β-amino-alcohol motifs (C(OH)–C–C–N with tert-alkyl or cyclic N) is 1. The van der Waals surface area contributed by atoms with Gasteiger partial charge in [0, 0.05) is 19.0 Å². The number of aliphatic hydroxyl groups excluding tert-OH is 1. The number of urea groups is 1. The molecule has 1 aromatic rings. The van der Waals surface area contributed by atoms with Gasteiger partial charge in [0.2, 0.25) is 0 Å². The Morgan fingerprint density at radius 3 is 2.62 bits per heavy atom. The maximum Gasteiger partial charge on any atom is 0.326 e. The van der Waals surface area contributed by atoms with Gasteiger partial charge in [0.15, 0.2) is 0 Å². The van der Waals surface area contributed by atoms with Crippen LogP contribution in [0, 0.1) is 11.6 Å². The molecule has 2 atom stereocenters. The van der Waals surface area contributed by atoms with Crippen LogP contribution in [-0.4, -0.2) is 45.8 Å². The molecule has 1 aromatic carbocycles. The molecule has 2 rings (SSSR count). The highest BCUT2D eigenvalue weighted by Gasteiger charge is 2.39. The van der Waals surface area contributed by atoms with Gasteiger partial charge in [-0.15, -0.1) is 0 Å². The van der Waals surface area contributed by atoms with E-state index in [9.17, 15) is 23.5 Å². The number of nitrogens with one attached hydrogen (secondary N) is 1. The summed E-state index contributed by atoms with van der Waals surface area (Å²) in [5.41, 5.74) is -0.411. The minimum absolute atomic E-state index is 0.0991. The Labute approximate surface area is 126 Å². The normalized spacial score (nSPS) is 21.4. The summed E-state index contributed by atoms with van der Waals surface area (Å²) in [6, 6.07) is -0.499. The molecule has 1 fully saturated rings. The number of aliphatic hydroxyl groups is 1. The largest absolute Gasteiger partial charge is 0.480 e. The molecule has 0 aromatic heterocycles. The second-order valence-electron chi connectivity index (χ2n) is 4.57. The van der Waals surface area contributed by atoms with Crippen LogP contribution in [0.2, 0.25) is 0 Å². The van der Waals surface area contributed by atoms with Crippen LogP contribution in [0.5, 0.6) is 0 Å². The van der Waals surface area contributed by atoms with E-state index in [0.717, 1.165) is 17.0 Å². The molecule has 0 bridgehead atoms. The van der Waals surface area contributed by atoms with Crippen molar-refractivity contribution in [1.29, 1.82) is 0 Å². The van der Waals surface area contributed by atoms with Gasteiger partial charge in [-0.25, -0.2) is 18.4 Å². The maximum absolute atomic E-state index is 13.6. The molecule has 21 heavy (non-hydrogen) atoms. The molecule has 1 heterocycles. The number of hydrogen-bond acceptors (Lipinski definition) is 3. The van der Waals surface area contributed by atoms with Gasteiger partial charge in [-0.2, -0.15) is 0 Å². The summed E-state index contributed by atoms with van der Waals surface area (Å²) in [5.74, 6) is -2.92. The van der Waals surface area contributed by atoms with Gasteiger partial charge in [0.05, 0.1) is 16.3 Å². The molecule has 1 unspecified atom stereocenters. The topological polar surface area (TPSA) is 89.9 Å². The first-order chi connectivity index (χ1) is 9.79. The third-order valence-electron chi connectivity index (χ3n) is 3.08. The van der Waals surface area contributed by atoms with Crippen molar-refractivity contribution in [2.75, 3.05) is 11.9 Å². The molecule has 1 saturated heterocycles. The van der Waals surface area contributed by atoms with Crippen LogP contribution in [-0.2, 0) is 4.79 Å². The Morgan fingerprint density at radius 1 is 1.33 bits per heavy atom.